The first-order chi connectivity index (χ1) is 12.4. The number of hydrogen-bond acceptors (Lipinski definition) is 5. The molecule has 0 aromatic heterocycles. The molecule has 0 amide bonds. The molecule has 2 unspecified atom stereocenters. The quantitative estimate of drug-likeness (QED) is 0.729. The molecule has 0 bridgehead atoms. The number of esters is 1. The average molecular weight is 354 g/mol. The van der Waals surface area contributed by atoms with Crippen molar-refractivity contribution in [3.05, 3.63) is 46.7 Å². The molecule has 1 aromatic rings. The highest BCUT2D eigenvalue weighted by molar-refractivity contribution is 5.99. The first-order valence-corrected chi connectivity index (χ1v) is 8.76. The zero-order chi connectivity index (χ0) is 19.3. The summed E-state index contributed by atoms with van der Waals surface area (Å²) in [6.07, 6.45) is 0.697. The van der Waals surface area contributed by atoms with Crippen LogP contribution < -0.4 is 0 Å². The van der Waals surface area contributed by atoms with Gasteiger partial charge in [-0.15, -0.1) is 0 Å². The molecule has 138 valence electrons. The normalized spacial score (nSPS) is 20.0. The van der Waals surface area contributed by atoms with Gasteiger partial charge in [-0.25, -0.2) is 4.79 Å². The second-order valence-electron chi connectivity index (χ2n) is 6.98. The van der Waals surface area contributed by atoms with Gasteiger partial charge in [-0.3, -0.25) is 4.99 Å². The molecule has 5 nitrogen and oxygen atoms in total. The number of nitriles is 1. The fraction of sp³-hybridized carbons (Fsp3) is 0.476. The van der Waals surface area contributed by atoms with Crippen LogP contribution in [0.3, 0.4) is 0 Å². The Bertz CT molecular complexity index is 754. The third-order valence-electron chi connectivity index (χ3n) is 4.47. The highest BCUT2D eigenvalue weighted by Crippen LogP contribution is 2.40. The summed E-state index contributed by atoms with van der Waals surface area (Å²) in [4.78, 5) is 17.2. The van der Waals surface area contributed by atoms with Crippen LogP contribution in [0.5, 0.6) is 0 Å². The minimum absolute atomic E-state index is 0.201. The van der Waals surface area contributed by atoms with E-state index in [0.717, 1.165) is 16.8 Å². The van der Waals surface area contributed by atoms with Gasteiger partial charge in [0.25, 0.3) is 0 Å². The van der Waals surface area contributed by atoms with E-state index in [4.69, 9.17) is 9.47 Å². The third kappa shape index (κ3) is 4.20. The molecule has 0 saturated heterocycles. The smallest absolute Gasteiger partial charge is 0.336 e. The van der Waals surface area contributed by atoms with E-state index >= 15 is 0 Å². The van der Waals surface area contributed by atoms with Crippen LogP contribution in [0, 0.1) is 30.1 Å². The predicted octanol–water partition coefficient (Wildman–Crippen LogP) is 3.79. The summed E-state index contributed by atoms with van der Waals surface area (Å²) in [5.74, 6) is -1.03. The number of rotatable bonds is 6. The largest absolute Gasteiger partial charge is 0.466 e. The van der Waals surface area contributed by atoms with Crippen molar-refractivity contribution in [3.8, 4) is 6.07 Å². The highest BCUT2D eigenvalue weighted by Gasteiger charge is 2.39. The number of carbonyl (C=O) groups excluding carboxylic acids is 1. The van der Waals surface area contributed by atoms with Crippen molar-refractivity contribution in [3.63, 3.8) is 0 Å². The Morgan fingerprint density at radius 2 is 1.92 bits per heavy atom. The lowest BCUT2D eigenvalue weighted by Crippen LogP contribution is -2.32. The SMILES string of the molecule is COCC1=C(C(=O)OC)C(c2ccc(C)cc2)C(C#N)C(CC(C)C)=N1. The molecule has 1 aromatic carbocycles. The molecule has 5 heteroatoms. The van der Waals surface area contributed by atoms with Gasteiger partial charge in [-0.1, -0.05) is 43.7 Å². The Morgan fingerprint density at radius 3 is 2.42 bits per heavy atom. The lowest BCUT2D eigenvalue weighted by Gasteiger charge is -2.31. The summed E-state index contributed by atoms with van der Waals surface area (Å²) in [6.45, 7) is 6.39. The number of aryl methyl sites for hydroxylation is 1. The van der Waals surface area contributed by atoms with Gasteiger partial charge in [0.1, 0.15) is 0 Å². The van der Waals surface area contributed by atoms with Crippen LogP contribution in [-0.2, 0) is 14.3 Å². The van der Waals surface area contributed by atoms with Crippen LogP contribution in [0.1, 0.15) is 37.3 Å². The van der Waals surface area contributed by atoms with Gasteiger partial charge in [0.15, 0.2) is 0 Å². The standard InChI is InChI=1S/C21H26N2O3/c1-13(2)10-17-16(11-22)19(15-8-6-14(3)7-9-15)20(21(24)26-5)18(23-17)12-25-4/h6-9,13,16,19H,10,12H2,1-5H3. The summed E-state index contributed by atoms with van der Waals surface area (Å²) in [5, 5.41) is 9.91. The fourth-order valence-corrected chi connectivity index (χ4v) is 3.32. The number of aliphatic imine (C=N–C) groups is 1. The lowest BCUT2D eigenvalue weighted by atomic mass is 9.74. The van der Waals surface area contributed by atoms with Crippen molar-refractivity contribution in [1.29, 1.82) is 5.26 Å². The van der Waals surface area contributed by atoms with Crippen molar-refractivity contribution < 1.29 is 14.3 Å². The van der Waals surface area contributed by atoms with Gasteiger partial charge in [0.2, 0.25) is 0 Å². The molecule has 0 spiro atoms. The molecular weight excluding hydrogens is 328 g/mol. The molecule has 0 N–H and O–H groups in total. The zero-order valence-corrected chi connectivity index (χ0v) is 16.1. The number of methoxy groups -OCH3 is 2. The van der Waals surface area contributed by atoms with Crippen molar-refractivity contribution in [2.75, 3.05) is 20.8 Å². The molecule has 1 aliphatic rings. The maximum atomic E-state index is 12.6. The van der Waals surface area contributed by atoms with Crippen LogP contribution in [-0.4, -0.2) is 32.5 Å². The number of benzene rings is 1. The molecule has 0 fully saturated rings. The molecule has 1 aliphatic heterocycles. The molecule has 0 radical (unpaired) electrons. The number of nitrogens with zero attached hydrogens (tertiary/aromatic N) is 2. The van der Waals surface area contributed by atoms with E-state index < -0.39 is 17.8 Å². The van der Waals surface area contributed by atoms with Gasteiger partial charge in [0.05, 0.1) is 37.0 Å². The summed E-state index contributed by atoms with van der Waals surface area (Å²) in [5.41, 5.74) is 3.79. The Hall–Kier alpha value is -2.45. The molecule has 0 aliphatic carbocycles. The van der Waals surface area contributed by atoms with E-state index in [1.54, 1.807) is 7.11 Å². The zero-order valence-electron chi connectivity index (χ0n) is 16.1. The first kappa shape index (κ1) is 19.9. The molecule has 2 rings (SSSR count). The monoisotopic (exact) mass is 354 g/mol. The molecule has 1 heterocycles. The van der Waals surface area contributed by atoms with Crippen molar-refractivity contribution in [2.45, 2.75) is 33.1 Å². The highest BCUT2D eigenvalue weighted by atomic mass is 16.5. The maximum absolute atomic E-state index is 12.6. The topological polar surface area (TPSA) is 71.7 Å². The van der Waals surface area contributed by atoms with Crippen molar-refractivity contribution in [1.82, 2.24) is 0 Å². The van der Waals surface area contributed by atoms with Gasteiger partial charge < -0.3 is 9.47 Å². The minimum Gasteiger partial charge on any atom is -0.466 e. The average Bonchev–Trinajstić information content (AvgIpc) is 2.61. The van der Waals surface area contributed by atoms with Crippen LogP contribution in [0.2, 0.25) is 0 Å². The summed E-state index contributed by atoms with van der Waals surface area (Å²) in [6, 6.07) is 10.3. The van der Waals surface area contributed by atoms with E-state index in [2.05, 4.69) is 24.9 Å². The summed E-state index contributed by atoms with van der Waals surface area (Å²) < 4.78 is 10.3. The minimum atomic E-state index is -0.505. The van der Waals surface area contributed by atoms with Crippen molar-refractivity contribution >= 4 is 11.7 Å². The van der Waals surface area contributed by atoms with Crippen LogP contribution in [0.4, 0.5) is 0 Å². The van der Waals surface area contributed by atoms with Gasteiger partial charge in [0, 0.05) is 18.7 Å². The molecule has 26 heavy (non-hydrogen) atoms. The Labute approximate surface area is 155 Å². The van der Waals surface area contributed by atoms with Gasteiger partial charge in [-0.05, 0) is 24.8 Å². The molecular formula is C21H26N2O3. The summed E-state index contributed by atoms with van der Waals surface area (Å²) in [7, 11) is 2.91. The van der Waals surface area contributed by atoms with Crippen LogP contribution >= 0.6 is 0 Å². The van der Waals surface area contributed by atoms with E-state index in [-0.39, 0.29) is 6.61 Å². The fourth-order valence-electron chi connectivity index (χ4n) is 3.32. The second-order valence-corrected chi connectivity index (χ2v) is 6.98. The van der Waals surface area contributed by atoms with E-state index in [1.165, 1.54) is 7.11 Å². The maximum Gasteiger partial charge on any atom is 0.336 e. The Balaban J connectivity index is 2.68. The number of ether oxygens (including phenoxy) is 2. The lowest BCUT2D eigenvalue weighted by molar-refractivity contribution is -0.136. The first-order valence-electron chi connectivity index (χ1n) is 8.76. The van der Waals surface area contributed by atoms with Crippen LogP contribution in [0.15, 0.2) is 40.5 Å². The van der Waals surface area contributed by atoms with Crippen LogP contribution in [0.25, 0.3) is 0 Å². The van der Waals surface area contributed by atoms with E-state index in [9.17, 15) is 10.1 Å². The van der Waals surface area contributed by atoms with Crippen molar-refractivity contribution in [2.24, 2.45) is 16.8 Å². The summed E-state index contributed by atoms with van der Waals surface area (Å²) >= 11 is 0. The number of carbonyl (C=O) groups is 1. The second kappa shape index (κ2) is 8.77. The number of hydrogen-bond donors (Lipinski definition) is 0. The predicted molar refractivity (Wildman–Crippen MR) is 101 cm³/mol. The van der Waals surface area contributed by atoms with Gasteiger partial charge in [-0.2, -0.15) is 5.26 Å². The molecule has 0 saturated carbocycles. The Morgan fingerprint density at radius 1 is 1.27 bits per heavy atom. The van der Waals surface area contributed by atoms with E-state index in [1.807, 2.05) is 31.2 Å². The van der Waals surface area contributed by atoms with E-state index in [0.29, 0.717) is 23.6 Å². The van der Waals surface area contributed by atoms with Gasteiger partial charge >= 0.3 is 5.97 Å². The molecule has 2 atom stereocenters. The Kier molecular flexibility index (Phi) is 6.70. The third-order valence-corrected chi connectivity index (χ3v) is 4.47.